The summed E-state index contributed by atoms with van der Waals surface area (Å²) >= 11 is 3.46. The lowest BCUT2D eigenvalue weighted by Gasteiger charge is -2.28. The van der Waals surface area contributed by atoms with Crippen molar-refractivity contribution in [1.82, 2.24) is 0 Å². The molecule has 0 aromatic heterocycles. The lowest BCUT2D eigenvalue weighted by atomic mass is 10.1. The van der Waals surface area contributed by atoms with Crippen LogP contribution in [0.2, 0.25) is 0 Å². The van der Waals surface area contributed by atoms with Crippen molar-refractivity contribution in [2.75, 3.05) is 26.1 Å². The average Bonchev–Trinajstić information content (AvgIpc) is 2.53. The van der Waals surface area contributed by atoms with Gasteiger partial charge in [0.05, 0.1) is 26.5 Å². The lowest BCUT2D eigenvalue weighted by molar-refractivity contribution is 0.209. The first-order valence-corrected chi connectivity index (χ1v) is 7.42. The van der Waals surface area contributed by atoms with Gasteiger partial charge in [-0.05, 0) is 35.9 Å². The number of fused-ring (bicyclic) bond motifs is 1. The van der Waals surface area contributed by atoms with E-state index in [1.54, 1.807) is 14.2 Å². The van der Waals surface area contributed by atoms with E-state index < -0.39 is 0 Å². The van der Waals surface area contributed by atoms with E-state index in [0.717, 1.165) is 21.5 Å². The fourth-order valence-corrected chi connectivity index (χ4v) is 2.74. The molecule has 1 heterocycles. The van der Waals surface area contributed by atoms with Crippen LogP contribution in [0.15, 0.2) is 40.9 Å². The smallest absolute Gasteiger partial charge is 0.161 e. The molecule has 0 bridgehead atoms. The van der Waals surface area contributed by atoms with Crippen LogP contribution in [0, 0.1) is 0 Å². The van der Waals surface area contributed by atoms with Crippen LogP contribution in [-0.4, -0.2) is 20.8 Å². The number of hydrogen-bond acceptors (Lipinski definition) is 4. The topological polar surface area (TPSA) is 39.7 Å². The Balaban J connectivity index is 1.87. The van der Waals surface area contributed by atoms with Crippen LogP contribution in [0.25, 0.3) is 0 Å². The Labute approximate surface area is 132 Å². The molecule has 21 heavy (non-hydrogen) atoms. The van der Waals surface area contributed by atoms with Crippen LogP contribution >= 0.6 is 15.9 Å². The SMILES string of the molecule is COc1ccc(C2CNc3cc(Br)ccc3O2)cc1OC. The van der Waals surface area contributed by atoms with E-state index in [9.17, 15) is 0 Å². The number of ether oxygens (including phenoxy) is 3. The van der Waals surface area contributed by atoms with Crippen molar-refractivity contribution in [1.29, 1.82) is 0 Å². The van der Waals surface area contributed by atoms with Crippen molar-refractivity contribution in [3.05, 3.63) is 46.4 Å². The van der Waals surface area contributed by atoms with Crippen molar-refractivity contribution in [2.24, 2.45) is 0 Å². The van der Waals surface area contributed by atoms with Gasteiger partial charge in [-0.3, -0.25) is 0 Å². The highest BCUT2D eigenvalue weighted by Crippen LogP contribution is 2.38. The summed E-state index contributed by atoms with van der Waals surface area (Å²) in [5.41, 5.74) is 2.05. The zero-order chi connectivity index (χ0) is 14.8. The van der Waals surface area contributed by atoms with Gasteiger partial charge in [0.2, 0.25) is 0 Å². The second-order valence-electron chi connectivity index (χ2n) is 4.74. The van der Waals surface area contributed by atoms with Gasteiger partial charge in [0.15, 0.2) is 11.5 Å². The van der Waals surface area contributed by atoms with Crippen molar-refractivity contribution in [3.8, 4) is 17.2 Å². The number of anilines is 1. The average molecular weight is 350 g/mol. The molecule has 2 aromatic carbocycles. The fourth-order valence-electron chi connectivity index (χ4n) is 2.38. The third-order valence-electron chi connectivity index (χ3n) is 3.47. The number of hydrogen-bond donors (Lipinski definition) is 1. The molecule has 1 aliphatic rings. The predicted octanol–water partition coefficient (Wildman–Crippen LogP) is 4.01. The largest absolute Gasteiger partial charge is 0.493 e. The minimum absolute atomic E-state index is 0.0570. The Hall–Kier alpha value is -1.88. The first-order chi connectivity index (χ1) is 10.2. The van der Waals surface area contributed by atoms with Crippen LogP contribution in [0.4, 0.5) is 5.69 Å². The van der Waals surface area contributed by atoms with Crippen molar-refractivity contribution < 1.29 is 14.2 Å². The number of nitrogens with one attached hydrogen (secondary N) is 1. The van der Waals surface area contributed by atoms with Gasteiger partial charge < -0.3 is 19.5 Å². The van der Waals surface area contributed by atoms with Gasteiger partial charge in [0, 0.05) is 4.47 Å². The summed E-state index contributed by atoms with van der Waals surface area (Å²) in [6.07, 6.45) is -0.0570. The molecule has 0 saturated heterocycles. The molecule has 1 unspecified atom stereocenters. The van der Waals surface area contributed by atoms with Gasteiger partial charge in [-0.1, -0.05) is 22.0 Å². The molecule has 4 nitrogen and oxygen atoms in total. The van der Waals surface area contributed by atoms with Crippen molar-refractivity contribution in [2.45, 2.75) is 6.10 Å². The number of rotatable bonds is 3. The maximum atomic E-state index is 6.07. The molecular weight excluding hydrogens is 334 g/mol. The van der Waals surface area contributed by atoms with Crippen LogP contribution in [0.5, 0.6) is 17.2 Å². The summed E-state index contributed by atoms with van der Waals surface area (Å²) in [6.45, 7) is 0.707. The molecule has 0 radical (unpaired) electrons. The first-order valence-electron chi connectivity index (χ1n) is 6.63. The molecule has 0 fully saturated rings. The molecule has 3 rings (SSSR count). The van der Waals surface area contributed by atoms with Crippen molar-refractivity contribution >= 4 is 21.6 Å². The zero-order valence-corrected chi connectivity index (χ0v) is 13.4. The van der Waals surface area contributed by atoms with Crippen LogP contribution in [-0.2, 0) is 0 Å². The highest BCUT2D eigenvalue weighted by atomic mass is 79.9. The fraction of sp³-hybridized carbons (Fsp3) is 0.250. The van der Waals surface area contributed by atoms with Gasteiger partial charge in [-0.25, -0.2) is 0 Å². The van der Waals surface area contributed by atoms with Gasteiger partial charge in [0.1, 0.15) is 11.9 Å². The molecule has 1 N–H and O–H groups in total. The van der Waals surface area contributed by atoms with Crippen LogP contribution < -0.4 is 19.5 Å². The molecule has 0 amide bonds. The molecule has 0 aliphatic carbocycles. The summed E-state index contributed by atoms with van der Waals surface area (Å²) in [4.78, 5) is 0. The number of methoxy groups -OCH3 is 2. The van der Waals surface area contributed by atoms with Gasteiger partial charge in [-0.2, -0.15) is 0 Å². The molecule has 110 valence electrons. The molecule has 2 aromatic rings. The summed E-state index contributed by atoms with van der Waals surface area (Å²) in [7, 11) is 3.26. The summed E-state index contributed by atoms with van der Waals surface area (Å²) in [6, 6.07) is 11.8. The molecule has 0 spiro atoms. The van der Waals surface area contributed by atoms with Gasteiger partial charge in [0.25, 0.3) is 0 Å². The Morgan fingerprint density at radius 2 is 1.90 bits per heavy atom. The normalized spacial score (nSPS) is 16.4. The zero-order valence-electron chi connectivity index (χ0n) is 11.9. The Kier molecular flexibility index (Phi) is 3.92. The second-order valence-corrected chi connectivity index (χ2v) is 5.66. The maximum Gasteiger partial charge on any atom is 0.161 e. The molecule has 1 aliphatic heterocycles. The van der Waals surface area contributed by atoms with E-state index >= 15 is 0 Å². The third-order valence-corrected chi connectivity index (χ3v) is 3.96. The summed E-state index contributed by atoms with van der Waals surface area (Å²) in [5.74, 6) is 2.28. The van der Waals surface area contributed by atoms with Crippen LogP contribution in [0.1, 0.15) is 11.7 Å². The Morgan fingerprint density at radius 3 is 2.67 bits per heavy atom. The first kappa shape index (κ1) is 14.1. The number of halogens is 1. The van der Waals surface area contributed by atoms with E-state index in [1.807, 2.05) is 36.4 Å². The highest BCUT2D eigenvalue weighted by molar-refractivity contribution is 9.10. The minimum atomic E-state index is -0.0570. The molecule has 0 saturated carbocycles. The summed E-state index contributed by atoms with van der Waals surface area (Å²) < 4.78 is 17.7. The lowest BCUT2D eigenvalue weighted by Crippen LogP contribution is -2.23. The minimum Gasteiger partial charge on any atom is -0.493 e. The Morgan fingerprint density at radius 1 is 1.10 bits per heavy atom. The standard InChI is InChI=1S/C16H16BrNO3/c1-19-14-5-3-10(7-15(14)20-2)16-9-18-12-8-11(17)4-6-13(12)21-16/h3-8,16,18H,9H2,1-2H3. The summed E-state index contributed by atoms with van der Waals surface area (Å²) in [5, 5.41) is 3.39. The molecule has 5 heteroatoms. The predicted molar refractivity (Wildman–Crippen MR) is 85.5 cm³/mol. The monoisotopic (exact) mass is 349 g/mol. The highest BCUT2D eigenvalue weighted by Gasteiger charge is 2.22. The van der Waals surface area contributed by atoms with Gasteiger partial charge in [-0.15, -0.1) is 0 Å². The van der Waals surface area contributed by atoms with E-state index in [2.05, 4.69) is 21.2 Å². The molecular formula is C16H16BrNO3. The van der Waals surface area contributed by atoms with E-state index in [4.69, 9.17) is 14.2 Å². The number of benzene rings is 2. The van der Waals surface area contributed by atoms with Crippen molar-refractivity contribution in [3.63, 3.8) is 0 Å². The van der Waals surface area contributed by atoms with E-state index in [1.165, 1.54) is 0 Å². The van der Waals surface area contributed by atoms with E-state index in [0.29, 0.717) is 18.0 Å². The maximum absolute atomic E-state index is 6.07. The quantitative estimate of drug-likeness (QED) is 0.908. The van der Waals surface area contributed by atoms with E-state index in [-0.39, 0.29) is 6.10 Å². The third kappa shape index (κ3) is 2.78. The molecule has 1 atom stereocenters. The Bertz CT molecular complexity index is 660. The van der Waals surface area contributed by atoms with Gasteiger partial charge >= 0.3 is 0 Å². The second kappa shape index (κ2) is 5.85. The van der Waals surface area contributed by atoms with Crippen LogP contribution in [0.3, 0.4) is 0 Å².